The summed E-state index contributed by atoms with van der Waals surface area (Å²) >= 11 is 0. The molecule has 4 nitrogen and oxygen atoms in total. The number of ether oxygens (including phenoxy) is 1. The lowest BCUT2D eigenvalue weighted by Gasteiger charge is -2.27. The number of aliphatic hydroxyl groups excluding tert-OH is 1. The van der Waals surface area contributed by atoms with Gasteiger partial charge < -0.3 is 15.2 Å². The fourth-order valence-corrected chi connectivity index (χ4v) is 1.65. The third-order valence-electron chi connectivity index (χ3n) is 2.40. The highest BCUT2D eigenvalue weighted by atomic mass is 16.5. The van der Waals surface area contributed by atoms with Crippen LogP contribution < -0.4 is 10.1 Å². The maximum atomic E-state index is 8.87. The van der Waals surface area contributed by atoms with Crippen molar-refractivity contribution in [1.82, 2.24) is 0 Å². The minimum absolute atomic E-state index is 0.122. The topological polar surface area (TPSA) is 65.3 Å². The largest absolute Gasteiger partial charge is 0.488 e. The van der Waals surface area contributed by atoms with Gasteiger partial charge in [0.2, 0.25) is 0 Å². The second kappa shape index (κ2) is 4.20. The Kier molecular flexibility index (Phi) is 2.75. The zero-order chi connectivity index (χ0) is 10.7. The maximum Gasteiger partial charge on any atom is 0.160 e. The summed E-state index contributed by atoms with van der Waals surface area (Å²) in [6.07, 6.45) is 0.649. The minimum atomic E-state index is 0.122. The fourth-order valence-electron chi connectivity index (χ4n) is 1.65. The van der Waals surface area contributed by atoms with Crippen LogP contribution in [0.5, 0.6) is 5.75 Å². The molecule has 2 rings (SSSR count). The van der Waals surface area contributed by atoms with Gasteiger partial charge in [0.05, 0.1) is 17.3 Å². The quantitative estimate of drug-likeness (QED) is 0.757. The van der Waals surface area contributed by atoms with Crippen molar-refractivity contribution in [2.45, 2.75) is 12.5 Å². The van der Waals surface area contributed by atoms with Gasteiger partial charge in [-0.15, -0.1) is 0 Å². The van der Waals surface area contributed by atoms with Gasteiger partial charge in [-0.05, 0) is 18.6 Å². The third kappa shape index (κ3) is 1.88. The number of anilines is 1. The summed E-state index contributed by atoms with van der Waals surface area (Å²) in [5.74, 6) is 0.620. The molecule has 15 heavy (non-hydrogen) atoms. The number of hydrogen-bond donors (Lipinski definition) is 2. The summed E-state index contributed by atoms with van der Waals surface area (Å²) in [6, 6.07) is 7.63. The molecule has 0 spiro atoms. The Bertz CT molecular complexity index is 398. The zero-order valence-electron chi connectivity index (χ0n) is 8.23. The number of nitrogens with one attached hydrogen (secondary N) is 1. The average Bonchev–Trinajstić information content (AvgIpc) is 2.28. The molecule has 0 amide bonds. The van der Waals surface area contributed by atoms with Crippen LogP contribution in [-0.4, -0.2) is 24.4 Å². The molecule has 78 valence electrons. The summed E-state index contributed by atoms with van der Waals surface area (Å²) in [5, 5.41) is 20.9. The van der Waals surface area contributed by atoms with E-state index in [-0.39, 0.29) is 12.6 Å². The Morgan fingerprint density at radius 1 is 1.60 bits per heavy atom. The van der Waals surface area contributed by atoms with Gasteiger partial charge in [-0.1, -0.05) is 6.07 Å². The smallest absolute Gasteiger partial charge is 0.160 e. The Hall–Kier alpha value is -1.73. The van der Waals surface area contributed by atoms with Crippen molar-refractivity contribution in [2.75, 3.05) is 18.5 Å². The van der Waals surface area contributed by atoms with Crippen LogP contribution in [0.2, 0.25) is 0 Å². The Labute approximate surface area is 88.1 Å². The predicted octanol–water partition coefficient (Wildman–Crippen LogP) is 1.11. The first-order valence-electron chi connectivity index (χ1n) is 4.88. The Morgan fingerprint density at radius 3 is 3.20 bits per heavy atom. The highest BCUT2D eigenvalue weighted by Gasteiger charge is 2.20. The van der Waals surface area contributed by atoms with Gasteiger partial charge in [0.25, 0.3) is 0 Å². The minimum Gasteiger partial charge on any atom is -0.488 e. The van der Waals surface area contributed by atoms with E-state index >= 15 is 0 Å². The predicted molar refractivity (Wildman–Crippen MR) is 55.8 cm³/mol. The van der Waals surface area contributed by atoms with E-state index in [1.807, 2.05) is 12.1 Å². The van der Waals surface area contributed by atoms with Crippen molar-refractivity contribution in [1.29, 1.82) is 5.26 Å². The molecule has 4 heteroatoms. The van der Waals surface area contributed by atoms with Crippen molar-refractivity contribution < 1.29 is 9.84 Å². The average molecular weight is 204 g/mol. The van der Waals surface area contributed by atoms with Crippen LogP contribution in [0.25, 0.3) is 0 Å². The van der Waals surface area contributed by atoms with Gasteiger partial charge in [-0.3, -0.25) is 0 Å². The van der Waals surface area contributed by atoms with Gasteiger partial charge in [0.1, 0.15) is 12.7 Å². The standard InChI is InChI=1S/C11H12N2O2/c12-6-8-2-1-3-10-11(8)15-7-9(13-10)4-5-14/h1-3,9,13-14H,4-5,7H2. The first-order chi connectivity index (χ1) is 7.35. The highest BCUT2D eigenvalue weighted by Crippen LogP contribution is 2.32. The van der Waals surface area contributed by atoms with Crippen LogP contribution in [0.15, 0.2) is 18.2 Å². The lowest BCUT2D eigenvalue weighted by molar-refractivity contribution is 0.233. The van der Waals surface area contributed by atoms with E-state index in [0.29, 0.717) is 24.3 Å². The number of hydrogen-bond acceptors (Lipinski definition) is 4. The molecule has 1 aromatic carbocycles. The summed E-state index contributed by atoms with van der Waals surface area (Å²) in [6.45, 7) is 0.626. The normalized spacial score (nSPS) is 18.3. The van der Waals surface area contributed by atoms with E-state index in [1.165, 1.54) is 0 Å². The number of benzene rings is 1. The van der Waals surface area contributed by atoms with Crippen LogP contribution in [-0.2, 0) is 0 Å². The number of nitriles is 1. The third-order valence-corrected chi connectivity index (χ3v) is 2.40. The van der Waals surface area contributed by atoms with Crippen molar-refractivity contribution in [2.24, 2.45) is 0 Å². The van der Waals surface area contributed by atoms with Gasteiger partial charge in [-0.25, -0.2) is 0 Å². The Balaban J connectivity index is 2.25. The lowest BCUT2D eigenvalue weighted by Crippen LogP contribution is -2.32. The van der Waals surface area contributed by atoms with Crippen LogP contribution >= 0.6 is 0 Å². The zero-order valence-corrected chi connectivity index (χ0v) is 8.23. The molecule has 0 fully saturated rings. The summed E-state index contributed by atoms with van der Waals surface area (Å²) in [7, 11) is 0. The van der Waals surface area contributed by atoms with E-state index in [1.54, 1.807) is 6.07 Å². The van der Waals surface area contributed by atoms with E-state index in [0.717, 1.165) is 5.69 Å². The molecule has 0 bridgehead atoms. The molecule has 0 saturated carbocycles. The Morgan fingerprint density at radius 2 is 2.47 bits per heavy atom. The molecular weight excluding hydrogens is 192 g/mol. The van der Waals surface area contributed by atoms with E-state index in [9.17, 15) is 0 Å². The van der Waals surface area contributed by atoms with Crippen LogP contribution in [0, 0.1) is 11.3 Å². The van der Waals surface area contributed by atoms with Crippen LogP contribution in [0.1, 0.15) is 12.0 Å². The summed E-state index contributed by atoms with van der Waals surface area (Å²) < 4.78 is 5.51. The highest BCUT2D eigenvalue weighted by molar-refractivity contribution is 5.65. The molecule has 1 aromatic rings. The van der Waals surface area contributed by atoms with Gasteiger partial charge in [0, 0.05) is 6.61 Å². The number of rotatable bonds is 2. The van der Waals surface area contributed by atoms with Crippen molar-refractivity contribution in [3.8, 4) is 11.8 Å². The number of fused-ring (bicyclic) bond motifs is 1. The first kappa shape index (κ1) is 9.81. The lowest BCUT2D eigenvalue weighted by atomic mass is 10.1. The van der Waals surface area contributed by atoms with Gasteiger partial charge in [0.15, 0.2) is 5.75 Å². The molecule has 1 aliphatic rings. The maximum absolute atomic E-state index is 8.87. The SMILES string of the molecule is N#Cc1cccc2c1OCC(CCO)N2. The number of aliphatic hydroxyl groups is 1. The molecule has 0 aliphatic carbocycles. The van der Waals surface area contributed by atoms with E-state index in [4.69, 9.17) is 15.1 Å². The molecule has 2 N–H and O–H groups in total. The number of para-hydroxylation sites is 1. The molecule has 0 radical (unpaired) electrons. The fraction of sp³-hybridized carbons (Fsp3) is 0.364. The van der Waals surface area contributed by atoms with Gasteiger partial charge >= 0.3 is 0 Å². The molecule has 1 unspecified atom stereocenters. The monoisotopic (exact) mass is 204 g/mol. The second-order valence-electron chi connectivity index (χ2n) is 3.46. The van der Waals surface area contributed by atoms with Crippen LogP contribution in [0.4, 0.5) is 5.69 Å². The molecule has 1 atom stereocenters. The first-order valence-corrected chi connectivity index (χ1v) is 4.88. The molecule has 1 heterocycles. The van der Waals surface area contributed by atoms with Crippen molar-refractivity contribution >= 4 is 5.69 Å². The summed E-state index contributed by atoms with van der Waals surface area (Å²) in [5.41, 5.74) is 1.38. The van der Waals surface area contributed by atoms with Gasteiger partial charge in [-0.2, -0.15) is 5.26 Å². The van der Waals surface area contributed by atoms with Crippen molar-refractivity contribution in [3.63, 3.8) is 0 Å². The van der Waals surface area contributed by atoms with E-state index < -0.39 is 0 Å². The van der Waals surface area contributed by atoms with Crippen LogP contribution in [0.3, 0.4) is 0 Å². The second-order valence-corrected chi connectivity index (χ2v) is 3.46. The number of nitrogens with zero attached hydrogens (tertiary/aromatic N) is 1. The molecular formula is C11H12N2O2. The summed E-state index contributed by atoms with van der Waals surface area (Å²) in [4.78, 5) is 0. The molecule has 1 aliphatic heterocycles. The molecule has 0 saturated heterocycles. The van der Waals surface area contributed by atoms with E-state index in [2.05, 4.69) is 11.4 Å². The molecule has 0 aromatic heterocycles. The van der Waals surface area contributed by atoms with Crippen molar-refractivity contribution in [3.05, 3.63) is 23.8 Å².